The molecule has 1 aromatic heterocycles. The Morgan fingerprint density at radius 1 is 1.36 bits per heavy atom. The number of esters is 1. The van der Waals surface area contributed by atoms with E-state index in [-0.39, 0.29) is 18.1 Å². The Labute approximate surface area is 148 Å². The number of carbonyl (C=O) groups is 1. The molecule has 3 rings (SSSR count). The number of morpholine rings is 1. The minimum absolute atomic E-state index is 0.168. The molecule has 25 heavy (non-hydrogen) atoms. The van der Waals surface area contributed by atoms with Gasteiger partial charge < -0.3 is 9.47 Å². The zero-order valence-corrected chi connectivity index (χ0v) is 15.4. The van der Waals surface area contributed by atoms with Crippen molar-refractivity contribution in [3.8, 4) is 0 Å². The smallest absolute Gasteiger partial charge is 0.340 e. The number of nitrogens with zero attached hydrogens (tertiary/aromatic N) is 2. The molecule has 2 unspecified atom stereocenters. The lowest BCUT2D eigenvalue weighted by molar-refractivity contribution is -0.0589. The van der Waals surface area contributed by atoms with Gasteiger partial charge >= 0.3 is 5.97 Å². The van der Waals surface area contributed by atoms with Crippen LogP contribution in [0.15, 0.2) is 24.3 Å². The summed E-state index contributed by atoms with van der Waals surface area (Å²) >= 11 is 0. The first-order chi connectivity index (χ1) is 12.0. The fourth-order valence-corrected chi connectivity index (χ4v) is 3.44. The van der Waals surface area contributed by atoms with Crippen LogP contribution in [-0.4, -0.2) is 47.8 Å². The van der Waals surface area contributed by atoms with E-state index in [0.29, 0.717) is 25.3 Å². The number of benzene rings is 1. The van der Waals surface area contributed by atoms with Gasteiger partial charge in [0, 0.05) is 24.5 Å². The predicted molar refractivity (Wildman–Crippen MR) is 97.7 cm³/mol. The first kappa shape index (κ1) is 17.8. The molecule has 0 aliphatic carbocycles. The third-order valence-electron chi connectivity index (χ3n) is 5.07. The van der Waals surface area contributed by atoms with Crippen molar-refractivity contribution in [1.82, 2.24) is 9.88 Å². The SMILES string of the molecule is CCOC(=O)c1c(CN2CCOC(C)C2C)nc2ccccc2c1C. The van der Waals surface area contributed by atoms with E-state index in [4.69, 9.17) is 14.5 Å². The molecule has 134 valence electrons. The van der Waals surface area contributed by atoms with Gasteiger partial charge in [0.15, 0.2) is 0 Å². The molecule has 1 aromatic carbocycles. The van der Waals surface area contributed by atoms with Gasteiger partial charge in [-0.2, -0.15) is 0 Å². The third kappa shape index (κ3) is 3.53. The van der Waals surface area contributed by atoms with Gasteiger partial charge in [-0.15, -0.1) is 0 Å². The Balaban J connectivity index is 2.05. The van der Waals surface area contributed by atoms with Crippen molar-refractivity contribution in [3.05, 3.63) is 41.1 Å². The Hall–Kier alpha value is -1.98. The van der Waals surface area contributed by atoms with Crippen molar-refractivity contribution < 1.29 is 14.3 Å². The standard InChI is InChI=1S/C20H26N2O3/c1-5-24-20(23)19-13(2)16-8-6-7-9-17(16)21-18(19)12-22-10-11-25-15(4)14(22)3/h6-9,14-15H,5,10-12H2,1-4H3. The first-order valence-electron chi connectivity index (χ1n) is 8.94. The molecule has 1 aliphatic rings. The van der Waals surface area contributed by atoms with E-state index in [1.54, 1.807) is 0 Å². The summed E-state index contributed by atoms with van der Waals surface area (Å²) in [5, 5.41) is 0.998. The van der Waals surface area contributed by atoms with Gasteiger partial charge in [-0.05, 0) is 39.3 Å². The number of carbonyl (C=O) groups excluding carboxylic acids is 1. The second-order valence-corrected chi connectivity index (χ2v) is 6.58. The zero-order chi connectivity index (χ0) is 18.0. The van der Waals surface area contributed by atoms with Crippen LogP contribution in [0.2, 0.25) is 0 Å². The lowest BCUT2D eigenvalue weighted by Crippen LogP contribution is -2.48. The molecule has 1 aliphatic heterocycles. The average Bonchev–Trinajstić information content (AvgIpc) is 2.59. The number of aryl methyl sites for hydroxylation is 1. The number of rotatable bonds is 4. The van der Waals surface area contributed by atoms with Crippen molar-refractivity contribution >= 4 is 16.9 Å². The van der Waals surface area contributed by atoms with E-state index >= 15 is 0 Å². The monoisotopic (exact) mass is 342 g/mol. The highest BCUT2D eigenvalue weighted by Gasteiger charge is 2.28. The van der Waals surface area contributed by atoms with Gasteiger partial charge in [-0.1, -0.05) is 18.2 Å². The summed E-state index contributed by atoms with van der Waals surface area (Å²) < 4.78 is 11.0. The van der Waals surface area contributed by atoms with E-state index < -0.39 is 0 Å². The molecule has 1 saturated heterocycles. The van der Waals surface area contributed by atoms with Crippen molar-refractivity contribution in [2.75, 3.05) is 19.8 Å². The van der Waals surface area contributed by atoms with E-state index in [2.05, 4.69) is 18.7 Å². The number of pyridine rings is 1. The van der Waals surface area contributed by atoms with Crippen LogP contribution < -0.4 is 0 Å². The number of fused-ring (bicyclic) bond motifs is 1. The summed E-state index contributed by atoms with van der Waals surface area (Å²) in [6, 6.07) is 8.21. The fraction of sp³-hybridized carbons (Fsp3) is 0.500. The molecule has 0 saturated carbocycles. The van der Waals surface area contributed by atoms with Crippen LogP contribution in [0.4, 0.5) is 0 Å². The molecule has 1 fully saturated rings. The van der Waals surface area contributed by atoms with Crippen LogP contribution in [0.25, 0.3) is 10.9 Å². The second-order valence-electron chi connectivity index (χ2n) is 6.58. The molecule has 0 N–H and O–H groups in total. The number of hydrogen-bond donors (Lipinski definition) is 0. The van der Waals surface area contributed by atoms with Crippen LogP contribution >= 0.6 is 0 Å². The fourth-order valence-electron chi connectivity index (χ4n) is 3.44. The van der Waals surface area contributed by atoms with Crippen molar-refractivity contribution in [1.29, 1.82) is 0 Å². The molecule has 2 aromatic rings. The molecule has 2 heterocycles. The maximum atomic E-state index is 12.6. The van der Waals surface area contributed by atoms with Crippen LogP contribution in [0.5, 0.6) is 0 Å². The van der Waals surface area contributed by atoms with Crippen LogP contribution in [0, 0.1) is 6.92 Å². The summed E-state index contributed by atoms with van der Waals surface area (Å²) in [5.41, 5.74) is 3.24. The summed E-state index contributed by atoms with van der Waals surface area (Å²) in [6.45, 7) is 10.6. The van der Waals surface area contributed by atoms with E-state index in [0.717, 1.165) is 28.7 Å². The predicted octanol–water partition coefficient (Wildman–Crippen LogP) is 3.33. The molecular weight excluding hydrogens is 316 g/mol. The lowest BCUT2D eigenvalue weighted by atomic mass is 10.0. The molecule has 0 spiro atoms. The van der Waals surface area contributed by atoms with Gasteiger partial charge in [0.2, 0.25) is 0 Å². The summed E-state index contributed by atoms with van der Waals surface area (Å²) in [6.07, 6.45) is 0.168. The molecule has 2 atom stereocenters. The highest BCUT2D eigenvalue weighted by Crippen LogP contribution is 2.26. The molecule has 5 nitrogen and oxygen atoms in total. The van der Waals surface area contributed by atoms with E-state index in [1.165, 1.54) is 0 Å². The van der Waals surface area contributed by atoms with E-state index in [1.807, 2.05) is 38.1 Å². The maximum Gasteiger partial charge on any atom is 0.340 e. The van der Waals surface area contributed by atoms with Crippen molar-refractivity contribution in [2.24, 2.45) is 0 Å². The Morgan fingerprint density at radius 3 is 2.88 bits per heavy atom. The Morgan fingerprint density at radius 2 is 2.12 bits per heavy atom. The van der Waals surface area contributed by atoms with Crippen LogP contribution in [-0.2, 0) is 16.0 Å². The van der Waals surface area contributed by atoms with Gasteiger partial charge in [-0.3, -0.25) is 9.88 Å². The topological polar surface area (TPSA) is 51.7 Å². The molecule has 0 bridgehead atoms. The van der Waals surface area contributed by atoms with Gasteiger partial charge in [0.25, 0.3) is 0 Å². The molecular formula is C20H26N2O3. The third-order valence-corrected chi connectivity index (χ3v) is 5.07. The Bertz CT molecular complexity index is 775. The summed E-state index contributed by atoms with van der Waals surface area (Å²) in [4.78, 5) is 19.7. The number of ether oxygens (including phenoxy) is 2. The largest absolute Gasteiger partial charge is 0.462 e. The normalized spacial score (nSPS) is 21.4. The first-order valence-corrected chi connectivity index (χ1v) is 8.94. The highest BCUT2D eigenvalue weighted by atomic mass is 16.5. The minimum atomic E-state index is -0.290. The quantitative estimate of drug-likeness (QED) is 0.798. The van der Waals surface area contributed by atoms with Crippen molar-refractivity contribution in [2.45, 2.75) is 46.4 Å². The summed E-state index contributed by atoms with van der Waals surface area (Å²) in [7, 11) is 0. The zero-order valence-electron chi connectivity index (χ0n) is 15.4. The van der Waals surface area contributed by atoms with Gasteiger partial charge in [-0.25, -0.2) is 4.79 Å². The second kappa shape index (κ2) is 7.50. The van der Waals surface area contributed by atoms with Crippen LogP contribution in [0.1, 0.15) is 42.4 Å². The molecule has 0 amide bonds. The Kier molecular flexibility index (Phi) is 5.35. The summed E-state index contributed by atoms with van der Waals surface area (Å²) in [5.74, 6) is -0.290. The van der Waals surface area contributed by atoms with Crippen molar-refractivity contribution in [3.63, 3.8) is 0 Å². The van der Waals surface area contributed by atoms with Crippen LogP contribution in [0.3, 0.4) is 0 Å². The average molecular weight is 342 g/mol. The van der Waals surface area contributed by atoms with Gasteiger partial charge in [0.1, 0.15) is 0 Å². The van der Waals surface area contributed by atoms with Gasteiger partial charge in [0.05, 0.1) is 36.1 Å². The lowest BCUT2D eigenvalue weighted by Gasteiger charge is -2.37. The molecule has 0 radical (unpaired) electrons. The number of para-hydroxylation sites is 1. The molecule has 5 heteroatoms. The highest BCUT2D eigenvalue weighted by molar-refractivity contribution is 5.98. The van der Waals surface area contributed by atoms with E-state index in [9.17, 15) is 4.79 Å². The minimum Gasteiger partial charge on any atom is -0.462 e. The maximum absolute atomic E-state index is 12.6. The number of hydrogen-bond acceptors (Lipinski definition) is 5. The number of aromatic nitrogens is 1.